The minimum absolute atomic E-state index is 0.0397. The summed E-state index contributed by atoms with van der Waals surface area (Å²) in [5, 5.41) is 11.3. The molecule has 0 saturated heterocycles. The summed E-state index contributed by atoms with van der Waals surface area (Å²) in [4.78, 5) is 15.2. The van der Waals surface area contributed by atoms with E-state index in [0.29, 0.717) is 11.6 Å². The first-order valence-electron chi connectivity index (χ1n) is 7.56. The molecule has 0 spiro atoms. The van der Waals surface area contributed by atoms with Crippen LogP contribution in [-0.2, 0) is 17.8 Å². The Bertz CT molecular complexity index is 843. The molecule has 0 aliphatic carbocycles. The van der Waals surface area contributed by atoms with E-state index in [1.807, 2.05) is 60.8 Å². The van der Waals surface area contributed by atoms with Crippen molar-refractivity contribution >= 4 is 17.3 Å². The van der Waals surface area contributed by atoms with Crippen molar-refractivity contribution < 1.29 is 14.6 Å². The number of aryl methyl sites for hydroxylation is 1. The van der Waals surface area contributed by atoms with Gasteiger partial charge in [0.1, 0.15) is 17.4 Å². The van der Waals surface area contributed by atoms with Crippen LogP contribution in [0.4, 0.5) is 0 Å². The monoisotopic (exact) mass is 339 g/mol. The van der Waals surface area contributed by atoms with E-state index in [0.717, 1.165) is 28.1 Å². The number of hydrogen-bond donors (Lipinski definition) is 1. The lowest BCUT2D eigenvalue weighted by molar-refractivity contribution is -0.136. The summed E-state index contributed by atoms with van der Waals surface area (Å²) in [5.41, 5.74) is 3.98. The SMILES string of the molecule is Cc1cc(OCc2ccccc2)ccc1-c1csc(CC(=O)O)n1. The third-order valence-electron chi connectivity index (χ3n) is 3.58. The van der Waals surface area contributed by atoms with Gasteiger partial charge in [-0.05, 0) is 36.2 Å². The van der Waals surface area contributed by atoms with Gasteiger partial charge in [-0.2, -0.15) is 0 Å². The summed E-state index contributed by atoms with van der Waals surface area (Å²) in [6, 6.07) is 15.9. The predicted molar refractivity (Wildman–Crippen MR) is 94.4 cm³/mol. The molecule has 3 aromatic rings. The number of aliphatic carboxylic acids is 1. The molecule has 0 amide bonds. The van der Waals surface area contributed by atoms with Gasteiger partial charge < -0.3 is 9.84 Å². The Kier molecular flexibility index (Phi) is 4.91. The second-order valence-corrected chi connectivity index (χ2v) is 6.39. The molecular formula is C19H17NO3S. The summed E-state index contributed by atoms with van der Waals surface area (Å²) < 4.78 is 5.83. The van der Waals surface area contributed by atoms with Crippen molar-refractivity contribution in [2.45, 2.75) is 20.0 Å². The fourth-order valence-electron chi connectivity index (χ4n) is 2.40. The maximum Gasteiger partial charge on any atom is 0.310 e. The molecule has 1 aromatic heterocycles. The highest BCUT2D eigenvalue weighted by Crippen LogP contribution is 2.28. The van der Waals surface area contributed by atoms with Crippen LogP contribution in [0, 0.1) is 6.92 Å². The van der Waals surface area contributed by atoms with Crippen LogP contribution in [0.25, 0.3) is 11.3 Å². The van der Waals surface area contributed by atoms with E-state index in [1.54, 1.807) is 0 Å². The molecule has 0 fully saturated rings. The Hall–Kier alpha value is -2.66. The van der Waals surface area contributed by atoms with Crippen LogP contribution in [0.3, 0.4) is 0 Å². The first-order chi connectivity index (χ1) is 11.6. The number of carboxylic acids is 1. The van der Waals surface area contributed by atoms with Crippen LogP contribution in [0.2, 0.25) is 0 Å². The third kappa shape index (κ3) is 4.00. The minimum Gasteiger partial charge on any atom is -0.489 e. The lowest BCUT2D eigenvalue weighted by atomic mass is 10.1. The molecule has 0 aliphatic rings. The van der Waals surface area contributed by atoms with Gasteiger partial charge in [0.2, 0.25) is 0 Å². The fourth-order valence-corrected chi connectivity index (χ4v) is 3.18. The van der Waals surface area contributed by atoms with E-state index in [2.05, 4.69) is 4.98 Å². The van der Waals surface area contributed by atoms with Crippen LogP contribution in [0.5, 0.6) is 5.75 Å². The Morgan fingerprint density at radius 1 is 1.21 bits per heavy atom. The van der Waals surface area contributed by atoms with Gasteiger partial charge in [0.05, 0.1) is 12.1 Å². The van der Waals surface area contributed by atoms with Gasteiger partial charge in [-0.1, -0.05) is 30.3 Å². The molecule has 0 radical (unpaired) electrons. The molecule has 0 aliphatic heterocycles. The molecule has 0 unspecified atom stereocenters. The molecule has 122 valence electrons. The zero-order valence-corrected chi connectivity index (χ0v) is 14.0. The number of ether oxygens (including phenoxy) is 1. The number of aromatic nitrogens is 1. The summed E-state index contributed by atoms with van der Waals surface area (Å²) in [6.45, 7) is 2.53. The quantitative estimate of drug-likeness (QED) is 0.726. The zero-order valence-electron chi connectivity index (χ0n) is 13.2. The number of benzene rings is 2. The molecule has 1 heterocycles. The molecule has 5 heteroatoms. The van der Waals surface area contributed by atoms with Crippen molar-refractivity contribution in [2.75, 3.05) is 0 Å². The number of hydrogen-bond acceptors (Lipinski definition) is 4. The Morgan fingerprint density at radius 2 is 2.00 bits per heavy atom. The minimum atomic E-state index is -0.864. The number of thiazole rings is 1. The van der Waals surface area contributed by atoms with E-state index in [1.165, 1.54) is 11.3 Å². The summed E-state index contributed by atoms with van der Waals surface area (Å²) >= 11 is 1.37. The molecule has 3 rings (SSSR count). The summed E-state index contributed by atoms with van der Waals surface area (Å²) in [5.74, 6) is -0.0571. The van der Waals surface area contributed by atoms with Crippen LogP contribution in [-0.4, -0.2) is 16.1 Å². The lowest BCUT2D eigenvalue weighted by Crippen LogP contribution is -1.99. The van der Waals surface area contributed by atoms with Crippen molar-refractivity contribution in [1.29, 1.82) is 0 Å². The number of rotatable bonds is 6. The van der Waals surface area contributed by atoms with Crippen molar-refractivity contribution in [2.24, 2.45) is 0 Å². The highest BCUT2D eigenvalue weighted by molar-refractivity contribution is 7.10. The standard InChI is InChI=1S/C19H17NO3S/c1-13-9-15(23-11-14-5-3-2-4-6-14)7-8-16(13)17-12-24-18(20-17)10-19(21)22/h2-9,12H,10-11H2,1H3,(H,21,22). The number of carbonyl (C=O) groups is 1. The van der Waals surface area contributed by atoms with Crippen LogP contribution >= 0.6 is 11.3 Å². The lowest BCUT2D eigenvalue weighted by Gasteiger charge is -2.09. The maximum atomic E-state index is 10.8. The van der Waals surface area contributed by atoms with Crippen molar-refractivity contribution in [1.82, 2.24) is 4.98 Å². The largest absolute Gasteiger partial charge is 0.489 e. The molecular weight excluding hydrogens is 322 g/mol. The van der Waals surface area contributed by atoms with E-state index >= 15 is 0 Å². The van der Waals surface area contributed by atoms with Crippen molar-refractivity contribution in [3.8, 4) is 17.0 Å². The highest BCUT2D eigenvalue weighted by Gasteiger charge is 2.10. The zero-order chi connectivity index (χ0) is 16.9. The van der Waals surface area contributed by atoms with Crippen molar-refractivity contribution in [3.63, 3.8) is 0 Å². The summed E-state index contributed by atoms with van der Waals surface area (Å²) in [7, 11) is 0. The van der Waals surface area contributed by atoms with Crippen LogP contribution < -0.4 is 4.74 Å². The van der Waals surface area contributed by atoms with Gasteiger partial charge in [0.15, 0.2) is 0 Å². The van der Waals surface area contributed by atoms with Crippen molar-refractivity contribution in [3.05, 3.63) is 70.0 Å². The van der Waals surface area contributed by atoms with Crippen LogP contribution in [0.15, 0.2) is 53.9 Å². The highest BCUT2D eigenvalue weighted by atomic mass is 32.1. The smallest absolute Gasteiger partial charge is 0.310 e. The second kappa shape index (κ2) is 7.27. The number of nitrogens with zero attached hydrogens (tertiary/aromatic N) is 1. The predicted octanol–water partition coefficient (Wildman–Crippen LogP) is 4.32. The molecule has 0 atom stereocenters. The molecule has 0 saturated carbocycles. The average molecular weight is 339 g/mol. The topological polar surface area (TPSA) is 59.4 Å². The fraction of sp³-hybridized carbons (Fsp3) is 0.158. The van der Waals surface area contributed by atoms with Gasteiger partial charge in [0, 0.05) is 10.9 Å². The maximum absolute atomic E-state index is 10.8. The van der Waals surface area contributed by atoms with Crippen LogP contribution in [0.1, 0.15) is 16.1 Å². The Morgan fingerprint density at radius 3 is 2.71 bits per heavy atom. The molecule has 4 nitrogen and oxygen atoms in total. The van der Waals surface area contributed by atoms with E-state index < -0.39 is 5.97 Å². The van der Waals surface area contributed by atoms with E-state index in [-0.39, 0.29) is 6.42 Å². The number of carboxylic acid groups (broad SMARTS) is 1. The normalized spacial score (nSPS) is 10.5. The van der Waals surface area contributed by atoms with Gasteiger partial charge in [-0.25, -0.2) is 4.98 Å². The van der Waals surface area contributed by atoms with E-state index in [9.17, 15) is 4.79 Å². The molecule has 24 heavy (non-hydrogen) atoms. The summed E-state index contributed by atoms with van der Waals surface area (Å²) in [6.07, 6.45) is -0.0397. The van der Waals surface area contributed by atoms with E-state index in [4.69, 9.17) is 9.84 Å². The molecule has 1 N–H and O–H groups in total. The first kappa shape index (κ1) is 16.2. The third-order valence-corrected chi connectivity index (χ3v) is 4.43. The van der Waals surface area contributed by atoms with Gasteiger partial charge in [-0.3, -0.25) is 4.79 Å². The van der Waals surface area contributed by atoms with Gasteiger partial charge in [-0.15, -0.1) is 11.3 Å². The molecule has 0 bridgehead atoms. The first-order valence-corrected chi connectivity index (χ1v) is 8.44. The second-order valence-electron chi connectivity index (χ2n) is 5.45. The Balaban J connectivity index is 1.72. The Labute approximate surface area is 144 Å². The molecule has 2 aromatic carbocycles. The van der Waals surface area contributed by atoms with Gasteiger partial charge in [0.25, 0.3) is 0 Å². The van der Waals surface area contributed by atoms with Gasteiger partial charge >= 0.3 is 5.97 Å². The average Bonchev–Trinajstić information content (AvgIpc) is 3.01.